The van der Waals surface area contributed by atoms with E-state index in [0.717, 1.165) is 15.1 Å². The second-order valence-electron chi connectivity index (χ2n) is 6.19. The normalized spacial score (nSPS) is 11.2. The van der Waals surface area contributed by atoms with Crippen LogP contribution in [0.1, 0.15) is 15.9 Å². The van der Waals surface area contributed by atoms with Crippen LogP contribution in [0.4, 0.5) is 9.18 Å². The number of pyridine rings is 1. The molecule has 150 valence electrons. The van der Waals surface area contributed by atoms with Crippen LogP contribution in [-0.4, -0.2) is 46.8 Å². The van der Waals surface area contributed by atoms with Crippen LogP contribution in [0.5, 0.6) is 0 Å². The molecule has 0 saturated carbocycles. The molecular weight excluding hydrogens is 401 g/mol. The number of aromatic nitrogens is 2. The van der Waals surface area contributed by atoms with E-state index in [-0.39, 0.29) is 28.3 Å². The summed E-state index contributed by atoms with van der Waals surface area (Å²) in [7, 11) is -2.83. The van der Waals surface area contributed by atoms with Crippen LogP contribution in [0.3, 0.4) is 0 Å². The van der Waals surface area contributed by atoms with Crippen molar-refractivity contribution in [3.63, 3.8) is 0 Å². The minimum Gasteiger partial charge on any atom is -0.465 e. The molecule has 2 aromatic heterocycles. The zero-order chi connectivity index (χ0) is 21.2. The predicted molar refractivity (Wildman–Crippen MR) is 102 cm³/mol. The average molecular weight is 417 g/mol. The molecule has 3 rings (SSSR count). The Kier molecular flexibility index (Phi) is 5.46. The van der Waals surface area contributed by atoms with Crippen molar-refractivity contribution in [2.45, 2.75) is 11.4 Å². The number of hydrogen-bond donors (Lipinski definition) is 1. The molecule has 0 fully saturated rings. The number of hydrogen-bond acceptors (Lipinski definition) is 5. The summed E-state index contributed by atoms with van der Waals surface area (Å²) in [6, 6.07) is 8.21. The summed E-state index contributed by atoms with van der Waals surface area (Å²) < 4.78 is 41.9. The molecule has 0 aliphatic carbocycles. The molecule has 1 aromatic carbocycles. The first-order chi connectivity index (χ1) is 13.8. The maximum Gasteiger partial charge on any atom is 0.407 e. The molecule has 0 aliphatic heterocycles. The highest BCUT2D eigenvalue weighted by molar-refractivity contribution is 7.90. The minimum absolute atomic E-state index is 0.0381. The Hall–Kier alpha value is -3.53. The van der Waals surface area contributed by atoms with Crippen molar-refractivity contribution in [3.05, 3.63) is 71.9 Å². The van der Waals surface area contributed by atoms with Crippen molar-refractivity contribution < 1.29 is 27.5 Å². The van der Waals surface area contributed by atoms with Crippen molar-refractivity contribution in [1.82, 2.24) is 13.9 Å². The van der Waals surface area contributed by atoms with Gasteiger partial charge >= 0.3 is 6.09 Å². The highest BCUT2D eigenvalue weighted by Gasteiger charge is 2.25. The number of nitrogens with zero attached hydrogens (tertiary/aromatic N) is 3. The summed E-state index contributed by atoms with van der Waals surface area (Å²) >= 11 is 0. The predicted octanol–water partition coefficient (Wildman–Crippen LogP) is 2.85. The van der Waals surface area contributed by atoms with E-state index < -0.39 is 21.9 Å². The van der Waals surface area contributed by atoms with E-state index in [9.17, 15) is 22.4 Å². The number of carbonyl (C=O) groups is 2. The van der Waals surface area contributed by atoms with Crippen LogP contribution in [0.2, 0.25) is 0 Å². The first kappa shape index (κ1) is 20.2. The molecule has 0 spiro atoms. The van der Waals surface area contributed by atoms with Gasteiger partial charge in [-0.15, -0.1) is 0 Å². The van der Waals surface area contributed by atoms with Crippen LogP contribution in [0.25, 0.3) is 11.3 Å². The fourth-order valence-corrected chi connectivity index (χ4v) is 4.13. The van der Waals surface area contributed by atoms with E-state index >= 15 is 0 Å². The van der Waals surface area contributed by atoms with Gasteiger partial charge in [0, 0.05) is 31.2 Å². The Balaban J connectivity index is 2.23. The van der Waals surface area contributed by atoms with Crippen LogP contribution < -0.4 is 0 Å². The number of amides is 1. The van der Waals surface area contributed by atoms with E-state index in [2.05, 4.69) is 4.98 Å². The number of halogens is 1. The summed E-state index contributed by atoms with van der Waals surface area (Å²) in [6.07, 6.45) is 2.92. The maximum absolute atomic E-state index is 14.8. The van der Waals surface area contributed by atoms with Crippen molar-refractivity contribution in [1.29, 1.82) is 0 Å². The Morgan fingerprint density at radius 3 is 2.69 bits per heavy atom. The van der Waals surface area contributed by atoms with Gasteiger partial charge in [0.1, 0.15) is 10.7 Å². The molecule has 0 bridgehead atoms. The highest BCUT2D eigenvalue weighted by atomic mass is 32.2. The van der Waals surface area contributed by atoms with E-state index in [4.69, 9.17) is 5.11 Å². The van der Waals surface area contributed by atoms with Crippen molar-refractivity contribution in [2.75, 3.05) is 7.05 Å². The van der Waals surface area contributed by atoms with Gasteiger partial charge in [0.15, 0.2) is 6.29 Å². The smallest absolute Gasteiger partial charge is 0.407 e. The van der Waals surface area contributed by atoms with Gasteiger partial charge in [-0.3, -0.25) is 9.78 Å². The first-order valence-electron chi connectivity index (χ1n) is 8.30. The molecule has 0 atom stereocenters. The largest absolute Gasteiger partial charge is 0.465 e. The molecule has 0 unspecified atom stereocenters. The third kappa shape index (κ3) is 3.87. The quantitative estimate of drug-likeness (QED) is 0.618. The first-order valence-corrected chi connectivity index (χ1v) is 9.74. The van der Waals surface area contributed by atoms with Crippen LogP contribution in [0.15, 0.2) is 59.9 Å². The molecule has 10 heteroatoms. The zero-order valence-corrected chi connectivity index (χ0v) is 16.0. The van der Waals surface area contributed by atoms with E-state index in [0.29, 0.717) is 11.8 Å². The number of carboxylic acid groups (broad SMARTS) is 1. The zero-order valence-electron chi connectivity index (χ0n) is 15.2. The number of benzene rings is 1. The molecule has 1 amide bonds. The molecular formula is C19H16FN3O5S. The molecule has 3 aromatic rings. The maximum atomic E-state index is 14.8. The van der Waals surface area contributed by atoms with Crippen molar-refractivity contribution in [3.8, 4) is 11.3 Å². The van der Waals surface area contributed by atoms with E-state index in [1.807, 2.05) is 0 Å². The fraction of sp³-hybridized carbons (Fsp3) is 0.105. The topological polar surface area (TPSA) is 110 Å². The monoisotopic (exact) mass is 417 g/mol. The molecule has 0 aliphatic rings. The number of rotatable bonds is 6. The van der Waals surface area contributed by atoms with Gasteiger partial charge in [0.2, 0.25) is 0 Å². The average Bonchev–Trinajstić information content (AvgIpc) is 3.13. The van der Waals surface area contributed by atoms with Gasteiger partial charge < -0.3 is 10.0 Å². The lowest BCUT2D eigenvalue weighted by molar-refractivity contribution is 0.111. The van der Waals surface area contributed by atoms with E-state index in [1.54, 1.807) is 0 Å². The summed E-state index contributed by atoms with van der Waals surface area (Å²) in [5, 5.41) is 9.08. The Morgan fingerprint density at radius 2 is 2.07 bits per heavy atom. The van der Waals surface area contributed by atoms with Crippen LogP contribution >= 0.6 is 0 Å². The van der Waals surface area contributed by atoms with Crippen LogP contribution in [0, 0.1) is 5.82 Å². The lowest BCUT2D eigenvalue weighted by atomic mass is 10.1. The summed E-state index contributed by atoms with van der Waals surface area (Å²) in [5.74, 6) is -0.874. The fourth-order valence-electron chi connectivity index (χ4n) is 2.77. The van der Waals surface area contributed by atoms with Gasteiger partial charge in [-0.2, -0.15) is 0 Å². The molecule has 0 radical (unpaired) electrons. The molecule has 2 heterocycles. The molecule has 29 heavy (non-hydrogen) atoms. The minimum atomic E-state index is -4.16. The van der Waals surface area contributed by atoms with Gasteiger partial charge in [-0.05, 0) is 35.9 Å². The third-order valence-corrected chi connectivity index (χ3v) is 5.87. The SMILES string of the molecule is CN(Cc1cc(-c2cccc(C=O)c2F)n(S(=O)(=O)c2cccnc2)c1)C(=O)O. The van der Waals surface area contributed by atoms with Gasteiger partial charge in [0.05, 0.1) is 17.8 Å². The molecule has 0 saturated heterocycles. The molecule has 1 N–H and O–H groups in total. The Morgan fingerprint density at radius 1 is 1.31 bits per heavy atom. The van der Waals surface area contributed by atoms with Crippen molar-refractivity contribution >= 4 is 22.4 Å². The van der Waals surface area contributed by atoms with Gasteiger partial charge in [-0.1, -0.05) is 6.07 Å². The highest BCUT2D eigenvalue weighted by Crippen LogP contribution is 2.30. The molecule has 8 nitrogen and oxygen atoms in total. The number of aldehydes is 1. The summed E-state index contributed by atoms with van der Waals surface area (Å²) in [5.41, 5.74) is -0.0402. The van der Waals surface area contributed by atoms with Crippen molar-refractivity contribution in [2.24, 2.45) is 0 Å². The Labute approximate surface area is 165 Å². The number of carbonyl (C=O) groups excluding carboxylic acids is 1. The standard InChI is InChI=1S/C19H16FN3O5S/c1-22(19(25)26)10-13-8-17(16-6-2-4-14(12-24)18(16)20)23(11-13)29(27,28)15-5-3-7-21-9-15/h2-9,11-12H,10H2,1H3,(H,25,26). The van der Waals surface area contributed by atoms with Crippen LogP contribution in [-0.2, 0) is 16.6 Å². The van der Waals surface area contributed by atoms with Gasteiger partial charge in [0.25, 0.3) is 10.0 Å². The summed E-state index contributed by atoms with van der Waals surface area (Å²) in [6.45, 7) is -0.118. The third-order valence-electron chi connectivity index (χ3n) is 4.21. The van der Waals surface area contributed by atoms with E-state index in [1.165, 1.54) is 55.8 Å². The second-order valence-corrected chi connectivity index (χ2v) is 8.00. The van der Waals surface area contributed by atoms with Gasteiger partial charge in [-0.25, -0.2) is 21.6 Å². The Bertz CT molecular complexity index is 1180. The summed E-state index contributed by atoms with van der Waals surface area (Å²) in [4.78, 5) is 26.8. The lowest BCUT2D eigenvalue weighted by Crippen LogP contribution is -2.23. The second kappa shape index (κ2) is 7.84. The lowest BCUT2D eigenvalue weighted by Gasteiger charge is -2.11.